The summed E-state index contributed by atoms with van der Waals surface area (Å²) < 4.78 is 6.16. The van der Waals surface area contributed by atoms with Gasteiger partial charge in [-0.2, -0.15) is 0 Å². The van der Waals surface area contributed by atoms with Gasteiger partial charge in [0.2, 0.25) is 0 Å². The molecule has 1 N–H and O–H groups in total. The quantitative estimate of drug-likeness (QED) is 0.384. The highest BCUT2D eigenvalue weighted by atomic mass is 16.3. The number of para-hydroxylation sites is 3. The minimum absolute atomic E-state index is 0.886. The fraction of sp³-hybridized carbons (Fsp3) is 0. The van der Waals surface area contributed by atoms with Crippen LogP contribution in [-0.2, 0) is 0 Å². The summed E-state index contributed by atoms with van der Waals surface area (Å²) in [5.74, 6) is 0. The molecule has 0 aliphatic rings. The Balaban J connectivity index is 1.66. The summed E-state index contributed by atoms with van der Waals surface area (Å²) in [6.07, 6.45) is 1.95. The molecular formula is C23H14N2O. The second-order valence-electron chi connectivity index (χ2n) is 6.57. The van der Waals surface area contributed by atoms with E-state index >= 15 is 0 Å². The Morgan fingerprint density at radius 3 is 2.46 bits per heavy atom. The number of furan rings is 1. The lowest BCUT2D eigenvalue weighted by Gasteiger charge is -2.02. The van der Waals surface area contributed by atoms with Crippen molar-refractivity contribution < 1.29 is 4.42 Å². The maximum absolute atomic E-state index is 6.16. The van der Waals surface area contributed by atoms with Crippen molar-refractivity contribution in [1.29, 1.82) is 0 Å². The number of hydrogen-bond donors (Lipinski definition) is 1. The van der Waals surface area contributed by atoms with Crippen molar-refractivity contribution in [1.82, 2.24) is 9.97 Å². The van der Waals surface area contributed by atoms with Crippen molar-refractivity contribution in [3.05, 3.63) is 79.0 Å². The third kappa shape index (κ3) is 1.80. The fourth-order valence-corrected chi connectivity index (χ4v) is 3.84. The summed E-state index contributed by atoms with van der Waals surface area (Å²) in [6.45, 7) is 0. The first-order chi connectivity index (χ1) is 12.9. The highest BCUT2D eigenvalue weighted by Crippen LogP contribution is 2.36. The number of benzene rings is 3. The number of pyridine rings is 1. The Morgan fingerprint density at radius 2 is 1.50 bits per heavy atom. The molecule has 0 spiro atoms. The monoisotopic (exact) mass is 334 g/mol. The molecule has 0 saturated carbocycles. The van der Waals surface area contributed by atoms with Crippen LogP contribution >= 0.6 is 0 Å². The number of aromatic amines is 1. The van der Waals surface area contributed by atoms with Crippen LogP contribution in [0.3, 0.4) is 0 Å². The first-order valence-corrected chi connectivity index (χ1v) is 8.65. The molecule has 0 aliphatic carbocycles. The normalized spacial score (nSPS) is 11.8. The molecule has 0 bridgehead atoms. The maximum Gasteiger partial charge on any atom is 0.144 e. The molecule has 3 aromatic heterocycles. The predicted octanol–water partition coefficient (Wildman–Crippen LogP) is 6.28. The van der Waals surface area contributed by atoms with Gasteiger partial charge in [-0.05, 0) is 24.3 Å². The van der Waals surface area contributed by atoms with Gasteiger partial charge in [-0.25, -0.2) is 0 Å². The average Bonchev–Trinajstić information content (AvgIpc) is 3.25. The number of nitrogens with zero attached hydrogens (tertiary/aromatic N) is 1. The minimum Gasteiger partial charge on any atom is -0.455 e. The molecule has 0 saturated heterocycles. The van der Waals surface area contributed by atoms with Crippen molar-refractivity contribution in [3.8, 4) is 11.3 Å². The minimum atomic E-state index is 0.886. The first-order valence-electron chi connectivity index (χ1n) is 8.65. The zero-order valence-corrected chi connectivity index (χ0v) is 13.9. The molecule has 122 valence electrons. The summed E-state index contributed by atoms with van der Waals surface area (Å²) >= 11 is 0. The summed E-state index contributed by atoms with van der Waals surface area (Å²) in [4.78, 5) is 8.23. The Bertz CT molecular complexity index is 1440. The number of hydrogen-bond acceptors (Lipinski definition) is 2. The van der Waals surface area contributed by atoms with Crippen molar-refractivity contribution in [2.45, 2.75) is 0 Å². The third-order valence-corrected chi connectivity index (χ3v) is 5.07. The van der Waals surface area contributed by atoms with E-state index in [1.54, 1.807) is 0 Å². The van der Waals surface area contributed by atoms with Gasteiger partial charge in [-0.15, -0.1) is 0 Å². The van der Waals surface area contributed by atoms with E-state index in [0.717, 1.165) is 49.6 Å². The molecule has 26 heavy (non-hydrogen) atoms. The summed E-state index contributed by atoms with van der Waals surface area (Å²) in [7, 11) is 0. The predicted molar refractivity (Wildman–Crippen MR) is 106 cm³/mol. The Labute approximate surface area is 148 Å². The molecule has 0 unspecified atom stereocenters. The molecule has 0 atom stereocenters. The van der Waals surface area contributed by atoms with Gasteiger partial charge in [0.1, 0.15) is 11.2 Å². The van der Waals surface area contributed by atoms with Crippen molar-refractivity contribution in [3.63, 3.8) is 0 Å². The molecule has 6 rings (SSSR count). The summed E-state index contributed by atoms with van der Waals surface area (Å²) in [5.41, 5.74) is 5.93. The molecule has 3 heterocycles. The van der Waals surface area contributed by atoms with Crippen LogP contribution in [0.25, 0.3) is 55.0 Å². The number of H-pyrrole nitrogens is 1. The van der Waals surface area contributed by atoms with Crippen LogP contribution in [0.5, 0.6) is 0 Å². The fourth-order valence-electron chi connectivity index (χ4n) is 3.84. The Kier molecular flexibility index (Phi) is 2.61. The topological polar surface area (TPSA) is 41.8 Å². The van der Waals surface area contributed by atoms with Crippen LogP contribution < -0.4 is 0 Å². The largest absolute Gasteiger partial charge is 0.455 e. The van der Waals surface area contributed by atoms with E-state index in [9.17, 15) is 0 Å². The van der Waals surface area contributed by atoms with Crippen molar-refractivity contribution in [2.24, 2.45) is 0 Å². The van der Waals surface area contributed by atoms with Crippen LogP contribution in [0.4, 0.5) is 0 Å². The van der Waals surface area contributed by atoms with Crippen LogP contribution in [0.1, 0.15) is 0 Å². The lowest BCUT2D eigenvalue weighted by Crippen LogP contribution is -1.84. The second-order valence-corrected chi connectivity index (χ2v) is 6.57. The number of aromatic nitrogens is 2. The number of rotatable bonds is 1. The molecule has 6 aromatic rings. The van der Waals surface area contributed by atoms with Gasteiger partial charge in [0.05, 0.1) is 11.2 Å². The third-order valence-electron chi connectivity index (χ3n) is 5.07. The van der Waals surface area contributed by atoms with Gasteiger partial charge >= 0.3 is 0 Å². The SMILES string of the molecule is c1ccc2c(c1)[nH]c1cc(-c3cccc4c3oc3ccccc34)ncc12. The zero-order valence-electron chi connectivity index (χ0n) is 13.9. The summed E-state index contributed by atoms with van der Waals surface area (Å²) in [6, 6.07) is 24.8. The molecule has 3 aromatic carbocycles. The van der Waals surface area contributed by atoms with Gasteiger partial charge in [-0.1, -0.05) is 48.5 Å². The van der Waals surface area contributed by atoms with Gasteiger partial charge in [-0.3, -0.25) is 4.98 Å². The van der Waals surface area contributed by atoms with Crippen LogP contribution in [0.15, 0.2) is 83.4 Å². The lowest BCUT2D eigenvalue weighted by atomic mass is 10.1. The molecule has 0 fully saturated rings. The standard InChI is InChI=1S/C23H14N2O/c1-3-10-19-14(6-1)18-13-24-20(12-21(18)25-19)17-9-5-8-16-15-7-2-4-11-22(15)26-23(16)17/h1-13,25H. The molecule has 0 aliphatic heterocycles. The smallest absolute Gasteiger partial charge is 0.144 e. The highest BCUT2D eigenvalue weighted by molar-refractivity contribution is 6.11. The highest BCUT2D eigenvalue weighted by Gasteiger charge is 2.13. The van der Waals surface area contributed by atoms with E-state index in [4.69, 9.17) is 9.40 Å². The first kappa shape index (κ1) is 13.7. The van der Waals surface area contributed by atoms with Gasteiger partial charge in [0.25, 0.3) is 0 Å². The molecule has 0 amide bonds. The van der Waals surface area contributed by atoms with Gasteiger partial charge < -0.3 is 9.40 Å². The second kappa shape index (κ2) is 4.96. The summed E-state index contributed by atoms with van der Waals surface area (Å²) in [5, 5.41) is 4.59. The lowest BCUT2D eigenvalue weighted by molar-refractivity contribution is 0.670. The molecular weight excluding hydrogens is 320 g/mol. The van der Waals surface area contributed by atoms with Gasteiger partial charge in [0.15, 0.2) is 0 Å². The molecule has 3 heteroatoms. The van der Waals surface area contributed by atoms with E-state index in [1.165, 1.54) is 5.39 Å². The molecule has 0 radical (unpaired) electrons. The van der Waals surface area contributed by atoms with Crippen LogP contribution in [0, 0.1) is 0 Å². The van der Waals surface area contributed by atoms with Crippen molar-refractivity contribution >= 4 is 43.7 Å². The van der Waals surface area contributed by atoms with Crippen LogP contribution in [0.2, 0.25) is 0 Å². The van der Waals surface area contributed by atoms with E-state index in [2.05, 4.69) is 53.5 Å². The Hall–Kier alpha value is -3.59. The van der Waals surface area contributed by atoms with E-state index < -0.39 is 0 Å². The van der Waals surface area contributed by atoms with E-state index in [-0.39, 0.29) is 0 Å². The van der Waals surface area contributed by atoms with E-state index in [1.807, 2.05) is 30.5 Å². The maximum atomic E-state index is 6.16. The van der Waals surface area contributed by atoms with Gasteiger partial charge in [0, 0.05) is 38.8 Å². The van der Waals surface area contributed by atoms with Crippen LogP contribution in [-0.4, -0.2) is 9.97 Å². The molecule has 3 nitrogen and oxygen atoms in total. The Morgan fingerprint density at radius 1 is 0.692 bits per heavy atom. The number of nitrogens with one attached hydrogen (secondary N) is 1. The van der Waals surface area contributed by atoms with Crippen molar-refractivity contribution in [2.75, 3.05) is 0 Å². The zero-order chi connectivity index (χ0) is 17.1. The van der Waals surface area contributed by atoms with E-state index in [0.29, 0.717) is 0 Å². The average molecular weight is 334 g/mol. The number of fused-ring (bicyclic) bond motifs is 6.